The van der Waals surface area contributed by atoms with E-state index in [4.69, 9.17) is 0 Å². The second-order valence-electron chi connectivity index (χ2n) is 7.32. The average Bonchev–Trinajstić information content (AvgIpc) is 3.25. The third-order valence-electron chi connectivity index (χ3n) is 5.99. The molecule has 1 aliphatic heterocycles. The molecule has 0 aromatic heterocycles. The highest BCUT2D eigenvalue weighted by atomic mass is 32.2. The van der Waals surface area contributed by atoms with Gasteiger partial charge < -0.3 is 4.90 Å². The molecule has 2 aliphatic carbocycles. The first kappa shape index (κ1) is 16.1. The lowest BCUT2D eigenvalue weighted by atomic mass is 9.87. The number of benzene rings is 1. The maximum atomic E-state index is 12.8. The van der Waals surface area contributed by atoms with Gasteiger partial charge in [0.05, 0.1) is 4.90 Å². The van der Waals surface area contributed by atoms with Gasteiger partial charge in [-0.3, -0.25) is 4.79 Å². The third-order valence-corrected chi connectivity index (χ3v) is 7.90. The van der Waals surface area contributed by atoms with Gasteiger partial charge in [-0.15, -0.1) is 0 Å². The zero-order valence-electron chi connectivity index (χ0n) is 13.8. The number of piperazine rings is 1. The fourth-order valence-corrected chi connectivity index (χ4v) is 6.12. The molecular formula is C18H24N2O3S. The van der Waals surface area contributed by atoms with Crippen molar-refractivity contribution in [1.82, 2.24) is 9.21 Å². The molecular weight excluding hydrogens is 324 g/mol. The summed E-state index contributed by atoms with van der Waals surface area (Å²) in [7, 11) is -3.44. The normalized spacial score (nSPS) is 30.7. The maximum Gasteiger partial charge on any atom is 0.243 e. The van der Waals surface area contributed by atoms with Crippen molar-refractivity contribution in [3.05, 3.63) is 30.3 Å². The summed E-state index contributed by atoms with van der Waals surface area (Å²) in [6, 6.07) is 8.54. The fraction of sp³-hybridized carbons (Fsp3) is 0.611. The molecule has 24 heavy (non-hydrogen) atoms. The number of hydrogen-bond acceptors (Lipinski definition) is 3. The fourth-order valence-electron chi connectivity index (χ4n) is 4.67. The summed E-state index contributed by atoms with van der Waals surface area (Å²) in [6.45, 7) is 1.81. The van der Waals surface area contributed by atoms with E-state index in [1.54, 1.807) is 24.3 Å². The second-order valence-corrected chi connectivity index (χ2v) is 9.26. The lowest BCUT2D eigenvalue weighted by Crippen LogP contribution is -2.52. The van der Waals surface area contributed by atoms with Crippen molar-refractivity contribution in [3.63, 3.8) is 0 Å². The van der Waals surface area contributed by atoms with Gasteiger partial charge in [0.1, 0.15) is 0 Å². The Morgan fingerprint density at radius 3 is 2.25 bits per heavy atom. The summed E-state index contributed by atoms with van der Waals surface area (Å²) in [6.07, 6.45) is 4.76. The van der Waals surface area contributed by atoms with Gasteiger partial charge in [-0.05, 0) is 43.2 Å². The third kappa shape index (κ3) is 2.75. The minimum absolute atomic E-state index is 0.195. The van der Waals surface area contributed by atoms with E-state index < -0.39 is 10.0 Å². The molecule has 0 spiro atoms. The number of hydrogen-bond donors (Lipinski definition) is 0. The largest absolute Gasteiger partial charge is 0.340 e. The molecule has 1 amide bonds. The SMILES string of the molecule is O=C([C@@H]1C[C@H]2CC[C@H]1C2)N1CCN(S(=O)(=O)c2ccccc2)CC1. The maximum absolute atomic E-state index is 12.8. The molecule has 1 heterocycles. The number of rotatable bonds is 3. The van der Waals surface area contributed by atoms with Gasteiger partial charge in [-0.2, -0.15) is 4.31 Å². The van der Waals surface area contributed by atoms with Crippen molar-refractivity contribution >= 4 is 15.9 Å². The molecule has 0 N–H and O–H groups in total. The van der Waals surface area contributed by atoms with E-state index in [2.05, 4.69) is 0 Å². The molecule has 3 aliphatic rings. The smallest absolute Gasteiger partial charge is 0.243 e. The Hall–Kier alpha value is -1.40. The van der Waals surface area contributed by atoms with Crippen LogP contribution in [0.25, 0.3) is 0 Å². The molecule has 4 rings (SSSR count). The lowest BCUT2D eigenvalue weighted by molar-refractivity contribution is -0.138. The standard InChI is InChI=1S/C18H24N2O3S/c21-18(17-13-14-6-7-15(17)12-14)19-8-10-20(11-9-19)24(22,23)16-4-2-1-3-5-16/h1-5,14-15,17H,6-13H2/t14-,15-,17+/m0/s1. The van der Waals surface area contributed by atoms with Crippen molar-refractivity contribution in [2.24, 2.45) is 17.8 Å². The van der Waals surface area contributed by atoms with Crippen LogP contribution in [-0.4, -0.2) is 49.7 Å². The highest BCUT2D eigenvalue weighted by molar-refractivity contribution is 7.89. The van der Waals surface area contributed by atoms with Crippen molar-refractivity contribution in [3.8, 4) is 0 Å². The Labute approximate surface area is 143 Å². The van der Waals surface area contributed by atoms with Crippen LogP contribution >= 0.6 is 0 Å². The van der Waals surface area contributed by atoms with Gasteiger partial charge in [0.2, 0.25) is 15.9 Å². The summed E-state index contributed by atoms with van der Waals surface area (Å²) in [5, 5.41) is 0. The second kappa shape index (κ2) is 6.15. The monoisotopic (exact) mass is 348 g/mol. The number of carbonyl (C=O) groups excluding carboxylic acids is 1. The van der Waals surface area contributed by atoms with E-state index in [0.717, 1.165) is 12.3 Å². The van der Waals surface area contributed by atoms with Crippen molar-refractivity contribution < 1.29 is 13.2 Å². The van der Waals surface area contributed by atoms with Crippen molar-refractivity contribution in [2.75, 3.05) is 26.2 Å². The molecule has 0 unspecified atom stereocenters. The van der Waals surface area contributed by atoms with Crippen LogP contribution in [0.1, 0.15) is 25.7 Å². The van der Waals surface area contributed by atoms with E-state index in [0.29, 0.717) is 37.0 Å². The molecule has 1 saturated heterocycles. The van der Waals surface area contributed by atoms with Crippen LogP contribution in [0.5, 0.6) is 0 Å². The van der Waals surface area contributed by atoms with Crippen LogP contribution in [0, 0.1) is 17.8 Å². The van der Waals surface area contributed by atoms with E-state index in [-0.39, 0.29) is 11.8 Å². The molecule has 3 fully saturated rings. The summed E-state index contributed by atoms with van der Waals surface area (Å²) in [5.74, 6) is 1.79. The van der Waals surface area contributed by atoms with E-state index in [1.165, 1.54) is 23.6 Å². The van der Waals surface area contributed by atoms with Crippen LogP contribution in [0.4, 0.5) is 0 Å². The van der Waals surface area contributed by atoms with Gasteiger partial charge >= 0.3 is 0 Å². The quantitative estimate of drug-likeness (QED) is 0.839. The Kier molecular flexibility index (Phi) is 4.12. The molecule has 6 heteroatoms. The molecule has 2 saturated carbocycles. The molecule has 2 bridgehead atoms. The minimum Gasteiger partial charge on any atom is -0.340 e. The predicted octanol–water partition coefficient (Wildman–Crippen LogP) is 1.96. The number of nitrogens with zero attached hydrogens (tertiary/aromatic N) is 2. The minimum atomic E-state index is -3.44. The highest BCUT2D eigenvalue weighted by Gasteiger charge is 2.45. The van der Waals surface area contributed by atoms with E-state index in [9.17, 15) is 13.2 Å². The van der Waals surface area contributed by atoms with Gasteiger partial charge in [-0.25, -0.2) is 8.42 Å². The van der Waals surface area contributed by atoms with Crippen molar-refractivity contribution in [1.29, 1.82) is 0 Å². The Morgan fingerprint density at radius 2 is 1.67 bits per heavy atom. The van der Waals surface area contributed by atoms with Crippen LogP contribution < -0.4 is 0 Å². The summed E-state index contributed by atoms with van der Waals surface area (Å²) in [5.41, 5.74) is 0. The van der Waals surface area contributed by atoms with Crippen LogP contribution in [0.2, 0.25) is 0 Å². The van der Waals surface area contributed by atoms with Crippen LogP contribution in [-0.2, 0) is 14.8 Å². The molecule has 0 radical (unpaired) electrons. The predicted molar refractivity (Wildman–Crippen MR) is 90.7 cm³/mol. The number of sulfonamides is 1. The summed E-state index contributed by atoms with van der Waals surface area (Å²) in [4.78, 5) is 15.0. The number of fused-ring (bicyclic) bond motifs is 2. The Balaban J connectivity index is 1.39. The highest BCUT2D eigenvalue weighted by Crippen LogP contribution is 2.48. The van der Waals surface area contributed by atoms with E-state index >= 15 is 0 Å². The lowest BCUT2D eigenvalue weighted by Gasteiger charge is -2.36. The average molecular weight is 348 g/mol. The Bertz CT molecular complexity index is 711. The number of carbonyl (C=O) groups is 1. The zero-order chi connectivity index (χ0) is 16.7. The van der Waals surface area contributed by atoms with Gasteiger partial charge in [0.25, 0.3) is 0 Å². The Morgan fingerprint density at radius 1 is 0.958 bits per heavy atom. The first-order valence-electron chi connectivity index (χ1n) is 8.89. The number of amides is 1. The van der Waals surface area contributed by atoms with Crippen molar-refractivity contribution in [2.45, 2.75) is 30.6 Å². The summed E-state index contributed by atoms with van der Waals surface area (Å²) >= 11 is 0. The molecule has 3 atom stereocenters. The molecule has 5 nitrogen and oxygen atoms in total. The van der Waals surface area contributed by atoms with Gasteiger partial charge in [0, 0.05) is 32.1 Å². The first-order chi connectivity index (χ1) is 11.6. The topological polar surface area (TPSA) is 57.7 Å². The van der Waals surface area contributed by atoms with Crippen LogP contribution in [0.15, 0.2) is 35.2 Å². The summed E-state index contributed by atoms with van der Waals surface area (Å²) < 4.78 is 26.8. The molecule has 1 aromatic rings. The molecule has 1 aromatic carbocycles. The first-order valence-corrected chi connectivity index (χ1v) is 10.3. The van der Waals surface area contributed by atoms with E-state index in [1.807, 2.05) is 11.0 Å². The van der Waals surface area contributed by atoms with Gasteiger partial charge in [0.15, 0.2) is 0 Å². The van der Waals surface area contributed by atoms with Gasteiger partial charge in [-0.1, -0.05) is 24.6 Å². The molecule has 130 valence electrons. The zero-order valence-corrected chi connectivity index (χ0v) is 14.6. The van der Waals surface area contributed by atoms with Crippen LogP contribution in [0.3, 0.4) is 0 Å².